The Kier molecular flexibility index (Phi) is 4.11. The molecule has 0 radical (unpaired) electrons. The van der Waals surface area contributed by atoms with Crippen LogP contribution in [0.25, 0.3) is 0 Å². The summed E-state index contributed by atoms with van der Waals surface area (Å²) in [5.41, 5.74) is 1.04. The van der Waals surface area contributed by atoms with E-state index in [0.29, 0.717) is 28.6 Å². The van der Waals surface area contributed by atoms with Crippen LogP contribution >= 0.6 is 11.6 Å². The highest BCUT2D eigenvalue weighted by molar-refractivity contribution is 6.31. The van der Waals surface area contributed by atoms with Crippen molar-refractivity contribution in [2.24, 2.45) is 5.41 Å². The predicted molar refractivity (Wildman–Crippen MR) is 76.4 cm³/mol. The minimum Gasteiger partial charge on any atom is -0.310 e. The highest BCUT2D eigenvalue weighted by Gasteiger charge is 2.30. The van der Waals surface area contributed by atoms with Gasteiger partial charge in [-0.3, -0.25) is 10.1 Å². The van der Waals surface area contributed by atoms with Crippen molar-refractivity contribution in [3.8, 4) is 0 Å². The summed E-state index contributed by atoms with van der Waals surface area (Å²) in [7, 11) is 0. The van der Waals surface area contributed by atoms with E-state index >= 15 is 0 Å². The second-order valence-electron chi connectivity index (χ2n) is 5.98. The molecule has 0 spiro atoms. The van der Waals surface area contributed by atoms with Crippen LogP contribution in [-0.4, -0.2) is 11.0 Å². The van der Waals surface area contributed by atoms with Gasteiger partial charge in [-0.2, -0.15) is 0 Å². The molecule has 1 aliphatic rings. The molecular formula is C14H19ClN2O2. The van der Waals surface area contributed by atoms with E-state index in [9.17, 15) is 10.1 Å². The van der Waals surface area contributed by atoms with Gasteiger partial charge in [0.15, 0.2) is 0 Å². The smallest absolute Gasteiger partial charge is 0.275 e. The number of rotatable bonds is 4. The van der Waals surface area contributed by atoms with E-state index in [1.54, 1.807) is 12.1 Å². The molecule has 0 heterocycles. The molecule has 2 rings (SSSR count). The number of hydrogen-bond acceptors (Lipinski definition) is 3. The van der Waals surface area contributed by atoms with Gasteiger partial charge in [-0.25, -0.2) is 0 Å². The Morgan fingerprint density at radius 2 is 2.26 bits per heavy atom. The standard InChI is InChI=1S/C14H19ClN2O2/c1-14(2)7-6-10(8-14)16-9-11-12(15)4-3-5-13(11)17(18)19/h3-5,10,16H,6-9H2,1-2H3. The summed E-state index contributed by atoms with van der Waals surface area (Å²) in [6.07, 6.45) is 3.41. The molecule has 1 aromatic carbocycles. The van der Waals surface area contributed by atoms with E-state index in [-0.39, 0.29) is 10.6 Å². The lowest BCUT2D eigenvalue weighted by Crippen LogP contribution is -2.27. The number of nitro groups is 1. The number of nitrogens with one attached hydrogen (secondary N) is 1. The molecule has 5 heteroatoms. The van der Waals surface area contributed by atoms with E-state index < -0.39 is 0 Å². The van der Waals surface area contributed by atoms with Crippen molar-refractivity contribution in [2.45, 2.75) is 45.7 Å². The molecule has 1 N–H and O–H groups in total. The Bertz CT molecular complexity index is 488. The van der Waals surface area contributed by atoms with Gasteiger partial charge < -0.3 is 5.32 Å². The quantitative estimate of drug-likeness (QED) is 0.673. The highest BCUT2D eigenvalue weighted by Crippen LogP contribution is 2.37. The van der Waals surface area contributed by atoms with Crippen LogP contribution < -0.4 is 5.32 Å². The molecular weight excluding hydrogens is 264 g/mol. The molecule has 1 aliphatic carbocycles. The van der Waals surface area contributed by atoms with Crippen LogP contribution in [0.15, 0.2) is 18.2 Å². The lowest BCUT2D eigenvalue weighted by Gasteiger charge is -2.18. The molecule has 1 aromatic rings. The van der Waals surface area contributed by atoms with Gasteiger partial charge in [-0.05, 0) is 30.7 Å². The van der Waals surface area contributed by atoms with Crippen molar-refractivity contribution in [1.82, 2.24) is 5.32 Å². The van der Waals surface area contributed by atoms with Crippen LogP contribution in [0.5, 0.6) is 0 Å². The van der Waals surface area contributed by atoms with Gasteiger partial charge in [-0.1, -0.05) is 31.5 Å². The van der Waals surface area contributed by atoms with Gasteiger partial charge in [0.1, 0.15) is 0 Å². The average molecular weight is 283 g/mol. The molecule has 0 bridgehead atoms. The van der Waals surface area contributed by atoms with Gasteiger partial charge in [0.25, 0.3) is 5.69 Å². The van der Waals surface area contributed by atoms with Crippen molar-refractivity contribution in [1.29, 1.82) is 0 Å². The van der Waals surface area contributed by atoms with Crippen LogP contribution in [0.2, 0.25) is 5.02 Å². The Hall–Kier alpha value is -1.13. The summed E-state index contributed by atoms with van der Waals surface area (Å²) in [6.45, 7) is 4.97. The molecule has 104 valence electrons. The van der Waals surface area contributed by atoms with E-state index in [1.165, 1.54) is 12.5 Å². The Morgan fingerprint density at radius 1 is 1.53 bits per heavy atom. The normalized spacial score (nSPS) is 21.5. The molecule has 0 aliphatic heterocycles. The number of nitrogens with zero attached hydrogens (tertiary/aromatic N) is 1. The van der Waals surface area contributed by atoms with Crippen molar-refractivity contribution in [3.63, 3.8) is 0 Å². The Morgan fingerprint density at radius 3 is 2.84 bits per heavy atom. The van der Waals surface area contributed by atoms with E-state index in [1.807, 2.05) is 0 Å². The van der Waals surface area contributed by atoms with Crippen molar-refractivity contribution in [2.75, 3.05) is 0 Å². The third kappa shape index (κ3) is 3.45. The topological polar surface area (TPSA) is 55.2 Å². The number of nitro benzene ring substituents is 1. The van der Waals surface area contributed by atoms with E-state index in [2.05, 4.69) is 19.2 Å². The largest absolute Gasteiger partial charge is 0.310 e. The number of benzene rings is 1. The molecule has 0 amide bonds. The molecule has 1 fully saturated rings. The maximum atomic E-state index is 11.0. The number of hydrogen-bond donors (Lipinski definition) is 1. The lowest BCUT2D eigenvalue weighted by molar-refractivity contribution is -0.385. The lowest BCUT2D eigenvalue weighted by atomic mass is 9.92. The van der Waals surface area contributed by atoms with Crippen molar-refractivity contribution in [3.05, 3.63) is 38.9 Å². The zero-order chi connectivity index (χ0) is 14.0. The van der Waals surface area contributed by atoms with Gasteiger partial charge in [-0.15, -0.1) is 0 Å². The first-order valence-electron chi connectivity index (χ1n) is 6.54. The SMILES string of the molecule is CC1(C)CCC(NCc2c(Cl)cccc2[N+](=O)[O-])C1. The summed E-state index contributed by atoms with van der Waals surface area (Å²) >= 11 is 6.07. The first kappa shape index (κ1) is 14.3. The summed E-state index contributed by atoms with van der Waals surface area (Å²) in [6, 6.07) is 5.24. The number of halogens is 1. The molecule has 1 saturated carbocycles. The fourth-order valence-corrected chi connectivity index (χ4v) is 2.99. The van der Waals surface area contributed by atoms with Crippen LogP contribution in [0.4, 0.5) is 5.69 Å². The second kappa shape index (κ2) is 5.47. The van der Waals surface area contributed by atoms with Crippen LogP contribution in [0, 0.1) is 15.5 Å². The Balaban J connectivity index is 2.06. The van der Waals surface area contributed by atoms with Gasteiger partial charge >= 0.3 is 0 Å². The monoisotopic (exact) mass is 282 g/mol. The van der Waals surface area contributed by atoms with Crippen LogP contribution in [0.3, 0.4) is 0 Å². The maximum absolute atomic E-state index is 11.0. The fraction of sp³-hybridized carbons (Fsp3) is 0.571. The minimum absolute atomic E-state index is 0.0947. The second-order valence-corrected chi connectivity index (χ2v) is 6.39. The third-order valence-electron chi connectivity index (χ3n) is 3.83. The molecule has 19 heavy (non-hydrogen) atoms. The summed E-state index contributed by atoms with van der Waals surface area (Å²) in [5, 5.41) is 14.9. The molecule has 1 unspecified atom stereocenters. The molecule has 0 aromatic heterocycles. The summed E-state index contributed by atoms with van der Waals surface area (Å²) in [4.78, 5) is 10.6. The molecule has 4 nitrogen and oxygen atoms in total. The first-order valence-corrected chi connectivity index (χ1v) is 6.92. The molecule has 1 atom stereocenters. The molecule has 0 saturated heterocycles. The van der Waals surface area contributed by atoms with Gasteiger partial charge in [0, 0.05) is 18.7 Å². The minimum atomic E-state index is -0.374. The van der Waals surface area contributed by atoms with Crippen LogP contribution in [0.1, 0.15) is 38.7 Å². The fourth-order valence-electron chi connectivity index (χ4n) is 2.75. The third-order valence-corrected chi connectivity index (χ3v) is 4.18. The van der Waals surface area contributed by atoms with Crippen molar-refractivity contribution >= 4 is 17.3 Å². The zero-order valence-corrected chi connectivity index (χ0v) is 12.0. The summed E-state index contributed by atoms with van der Waals surface area (Å²) in [5.74, 6) is 0. The van der Waals surface area contributed by atoms with Crippen LogP contribution in [-0.2, 0) is 6.54 Å². The average Bonchev–Trinajstić information content (AvgIpc) is 2.67. The Labute approximate surface area is 118 Å². The van der Waals surface area contributed by atoms with E-state index in [0.717, 1.165) is 12.8 Å². The zero-order valence-electron chi connectivity index (χ0n) is 11.3. The first-order chi connectivity index (χ1) is 8.89. The van der Waals surface area contributed by atoms with Gasteiger partial charge in [0.2, 0.25) is 0 Å². The van der Waals surface area contributed by atoms with Crippen molar-refractivity contribution < 1.29 is 4.92 Å². The van der Waals surface area contributed by atoms with E-state index in [4.69, 9.17) is 11.6 Å². The van der Waals surface area contributed by atoms with Gasteiger partial charge in [0.05, 0.1) is 15.5 Å². The highest BCUT2D eigenvalue weighted by atomic mass is 35.5. The predicted octanol–water partition coefficient (Wildman–Crippen LogP) is 3.92. The summed E-state index contributed by atoms with van der Waals surface area (Å²) < 4.78 is 0. The maximum Gasteiger partial charge on any atom is 0.275 e.